The van der Waals surface area contributed by atoms with Crippen LogP contribution in [-0.2, 0) is 16.1 Å². The third-order valence-corrected chi connectivity index (χ3v) is 3.17. The number of hydrogen-bond donors (Lipinski definition) is 2. The molecular formula is C14H19N3O3. The summed E-state index contributed by atoms with van der Waals surface area (Å²) < 4.78 is 5.26. The first-order valence-corrected chi connectivity index (χ1v) is 6.62. The van der Waals surface area contributed by atoms with Crippen LogP contribution >= 0.6 is 0 Å². The van der Waals surface area contributed by atoms with Crippen molar-refractivity contribution in [3.63, 3.8) is 0 Å². The number of amides is 2. The van der Waals surface area contributed by atoms with Gasteiger partial charge >= 0.3 is 6.09 Å². The lowest BCUT2D eigenvalue weighted by atomic mass is 10.1. The number of nitrogens with two attached hydrogens (primary N) is 1. The van der Waals surface area contributed by atoms with E-state index in [1.807, 2.05) is 30.3 Å². The van der Waals surface area contributed by atoms with Crippen LogP contribution in [0.1, 0.15) is 12.0 Å². The maximum absolute atomic E-state index is 12.0. The highest BCUT2D eigenvalue weighted by Gasteiger charge is 2.25. The van der Waals surface area contributed by atoms with Crippen molar-refractivity contribution in [3.05, 3.63) is 35.9 Å². The number of carbonyl (C=O) groups excluding carboxylic acids is 2. The van der Waals surface area contributed by atoms with E-state index < -0.39 is 0 Å². The second kappa shape index (κ2) is 6.91. The molecule has 2 amide bonds. The molecule has 0 bridgehead atoms. The highest BCUT2D eigenvalue weighted by atomic mass is 16.6. The Labute approximate surface area is 117 Å². The summed E-state index contributed by atoms with van der Waals surface area (Å²) in [4.78, 5) is 24.5. The number of nitrogens with zero attached hydrogens (tertiary/aromatic N) is 1. The van der Waals surface area contributed by atoms with Crippen LogP contribution in [0.4, 0.5) is 4.79 Å². The number of primary amides is 1. The van der Waals surface area contributed by atoms with Crippen molar-refractivity contribution in [2.24, 2.45) is 5.73 Å². The molecule has 1 fully saturated rings. The van der Waals surface area contributed by atoms with Gasteiger partial charge in [0.1, 0.15) is 6.61 Å². The summed E-state index contributed by atoms with van der Waals surface area (Å²) >= 11 is 0. The van der Waals surface area contributed by atoms with Gasteiger partial charge in [-0.25, -0.2) is 4.79 Å². The summed E-state index contributed by atoms with van der Waals surface area (Å²) in [6.07, 6.45) is -0.132. The largest absolute Gasteiger partial charge is 0.445 e. The van der Waals surface area contributed by atoms with E-state index in [1.54, 1.807) is 4.90 Å². The molecule has 0 radical (unpaired) electrons. The van der Waals surface area contributed by atoms with Gasteiger partial charge in [0.2, 0.25) is 5.91 Å². The predicted octanol–water partition coefficient (Wildman–Crippen LogP) is 0.472. The summed E-state index contributed by atoms with van der Waals surface area (Å²) in [6, 6.07) is 9.43. The zero-order chi connectivity index (χ0) is 14.4. The number of carbonyl (C=O) groups is 2. The topological polar surface area (TPSA) is 84.7 Å². The van der Waals surface area contributed by atoms with Gasteiger partial charge in [-0.15, -0.1) is 0 Å². The van der Waals surface area contributed by atoms with Gasteiger partial charge in [0.05, 0.1) is 0 Å². The Morgan fingerprint density at radius 3 is 2.80 bits per heavy atom. The van der Waals surface area contributed by atoms with Crippen molar-refractivity contribution in [3.8, 4) is 0 Å². The highest BCUT2D eigenvalue weighted by Crippen LogP contribution is 2.07. The SMILES string of the molecule is NC(=O)CC1CN(C(=O)OCc2ccccc2)CCN1. The van der Waals surface area contributed by atoms with Crippen molar-refractivity contribution in [2.75, 3.05) is 19.6 Å². The first-order valence-electron chi connectivity index (χ1n) is 6.62. The standard InChI is InChI=1S/C14H19N3O3/c15-13(18)8-12-9-17(7-6-16-12)14(19)20-10-11-4-2-1-3-5-11/h1-5,12,16H,6-10H2,(H2,15,18). The van der Waals surface area contributed by atoms with E-state index in [0.29, 0.717) is 19.6 Å². The fourth-order valence-electron chi connectivity index (χ4n) is 2.18. The van der Waals surface area contributed by atoms with E-state index in [-0.39, 0.29) is 31.1 Å². The predicted molar refractivity (Wildman–Crippen MR) is 73.8 cm³/mol. The van der Waals surface area contributed by atoms with Gasteiger partial charge in [-0.2, -0.15) is 0 Å². The molecule has 20 heavy (non-hydrogen) atoms. The van der Waals surface area contributed by atoms with Crippen molar-refractivity contribution >= 4 is 12.0 Å². The minimum absolute atomic E-state index is 0.0921. The third kappa shape index (κ3) is 4.24. The number of ether oxygens (including phenoxy) is 1. The normalized spacial score (nSPS) is 18.6. The Morgan fingerprint density at radius 1 is 1.35 bits per heavy atom. The molecule has 0 aliphatic carbocycles. The molecular weight excluding hydrogens is 258 g/mol. The molecule has 0 aromatic heterocycles. The van der Waals surface area contributed by atoms with Gasteiger partial charge in [0.15, 0.2) is 0 Å². The van der Waals surface area contributed by atoms with Crippen LogP contribution in [0, 0.1) is 0 Å². The second-order valence-electron chi connectivity index (χ2n) is 4.81. The molecule has 1 aromatic carbocycles. The van der Waals surface area contributed by atoms with Crippen molar-refractivity contribution in [1.29, 1.82) is 0 Å². The first kappa shape index (κ1) is 14.3. The summed E-state index contributed by atoms with van der Waals surface area (Å²) in [6.45, 7) is 1.90. The molecule has 1 aliphatic heterocycles. The molecule has 6 nitrogen and oxygen atoms in total. The van der Waals surface area contributed by atoms with Crippen LogP contribution < -0.4 is 11.1 Å². The molecule has 6 heteroatoms. The molecule has 1 saturated heterocycles. The summed E-state index contributed by atoms with van der Waals surface area (Å²) in [5, 5.41) is 3.16. The highest BCUT2D eigenvalue weighted by molar-refractivity contribution is 5.74. The second-order valence-corrected chi connectivity index (χ2v) is 4.81. The van der Waals surface area contributed by atoms with Crippen LogP contribution in [-0.4, -0.2) is 42.6 Å². The van der Waals surface area contributed by atoms with E-state index in [4.69, 9.17) is 10.5 Å². The lowest BCUT2D eigenvalue weighted by Gasteiger charge is -2.32. The fourth-order valence-corrected chi connectivity index (χ4v) is 2.18. The molecule has 1 aliphatic rings. The third-order valence-electron chi connectivity index (χ3n) is 3.17. The Kier molecular flexibility index (Phi) is 4.95. The van der Waals surface area contributed by atoms with Gasteiger partial charge in [-0.1, -0.05) is 30.3 Å². The molecule has 0 saturated carbocycles. The van der Waals surface area contributed by atoms with E-state index in [9.17, 15) is 9.59 Å². The molecule has 1 aromatic rings. The number of rotatable bonds is 4. The van der Waals surface area contributed by atoms with Gasteiger partial charge in [0, 0.05) is 32.1 Å². The number of nitrogens with one attached hydrogen (secondary N) is 1. The lowest BCUT2D eigenvalue weighted by molar-refractivity contribution is -0.118. The van der Waals surface area contributed by atoms with E-state index in [2.05, 4.69) is 5.32 Å². The van der Waals surface area contributed by atoms with Gasteiger partial charge in [-0.3, -0.25) is 4.79 Å². The van der Waals surface area contributed by atoms with Crippen molar-refractivity contribution in [2.45, 2.75) is 19.1 Å². The maximum atomic E-state index is 12.0. The van der Waals surface area contributed by atoms with Crippen molar-refractivity contribution < 1.29 is 14.3 Å². The zero-order valence-corrected chi connectivity index (χ0v) is 11.2. The Balaban J connectivity index is 1.81. The summed E-state index contributed by atoms with van der Waals surface area (Å²) in [5.41, 5.74) is 6.11. The average molecular weight is 277 g/mol. The van der Waals surface area contributed by atoms with Crippen LogP contribution in [0.15, 0.2) is 30.3 Å². The molecule has 3 N–H and O–H groups in total. The van der Waals surface area contributed by atoms with Gasteiger partial charge < -0.3 is 20.7 Å². The minimum Gasteiger partial charge on any atom is -0.445 e. The van der Waals surface area contributed by atoms with E-state index in [1.165, 1.54) is 0 Å². The van der Waals surface area contributed by atoms with E-state index >= 15 is 0 Å². The molecule has 1 heterocycles. The summed E-state index contributed by atoms with van der Waals surface area (Å²) in [5.74, 6) is -0.373. The molecule has 2 rings (SSSR count). The zero-order valence-electron chi connectivity index (χ0n) is 11.2. The number of benzene rings is 1. The number of hydrogen-bond acceptors (Lipinski definition) is 4. The molecule has 1 unspecified atom stereocenters. The fraction of sp³-hybridized carbons (Fsp3) is 0.429. The van der Waals surface area contributed by atoms with Crippen LogP contribution in [0.3, 0.4) is 0 Å². The number of piperazine rings is 1. The maximum Gasteiger partial charge on any atom is 0.410 e. The van der Waals surface area contributed by atoms with Crippen LogP contribution in [0.2, 0.25) is 0 Å². The molecule has 1 atom stereocenters. The van der Waals surface area contributed by atoms with Crippen LogP contribution in [0.25, 0.3) is 0 Å². The van der Waals surface area contributed by atoms with E-state index in [0.717, 1.165) is 5.56 Å². The summed E-state index contributed by atoms with van der Waals surface area (Å²) in [7, 11) is 0. The Bertz CT molecular complexity index is 464. The smallest absolute Gasteiger partial charge is 0.410 e. The Hall–Kier alpha value is -2.08. The monoisotopic (exact) mass is 277 g/mol. The molecule has 0 spiro atoms. The lowest BCUT2D eigenvalue weighted by Crippen LogP contribution is -2.53. The Morgan fingerprint density at radius 2 is 2.10 bits per heavy atom. The van der Waals surface area contributed by atoms with Gasteiger partial charge in [-0.05, 0) is 5.56 Å². The average Bonchev–Trinajstić information content (AvgIpc) is 2.45. The first-order chi connectivity index (χ1) is 9.65. The van der Waals surface area contributed by atoms with Crippen LogP contribution in [0.5, 0.6) is 0 Å². The quantitative estimate of drug-likeness (QED) is 0.838. The minimum atomic E-state index is -0.373. The molecule has 108 valence electrons. The van der Waals surface area contributed by atoms with Crippen molar-refractivity contribution in [1.82, 2.24) is 10.2 Å². The van der Waals surface area contributed by atoms with Gasteiger partial charge in [0.25, 0.3) is 0 Å².